The van der Waals surface area contributed by atoms with Gasteiger partial charge in [-0.25, -0.2) is 0 Å². The molecular weight excluding hydrogens is 296 g/mol. The van der Waals surface area contributed by atoms with Crippen LogP contribution in [0.4, 0.5) is 0 Å². The zero-order valence-electron chi connectivity index (χ0n) is 13.3. The molecule has 0 N–H and O–H groups in total. The molecule has 0 aromatic heterocycles. The van der Waals surface area contributed by atoms with E-state index in [1.807, 2.05) is 24.3 Å². The van der Waals surface area contributed by atoms with E-state index in [2.05, 4.69) is 12.6 Å². The van der Waals surface area contributed by atoms with E-state index in [9.17, 15) is 0 Å². The maximum absolute atomic E-state index is 6.07. The smallest absolute Gasteiger partial charge is 0.457 e. The fourth-order valence-corrected chi connectivity index (χ4v) is 3.47. The molecule has 1 aromatic rings. The molecule has 1 heterocycles. The van der Waals surface area contributed by atoms with Gasteiger partial charge in [-0.15, -0.1) is 6.58 Å². The van der Waals surface area contributed by atoms with Gasteiger partial charge in [-0.1, -0.05) is 24.3 Å². The number of unbranched alkanes of at least 4 members (excludes halogenated alkanes) is 1. The van der Waals surface area contributed by atoms with Gasteiger partial charge in [-0.3, -0.25) is 0 Å². The van der Waals surface area contributed by atoms with Crippen LogP contribution in [0.2, 0.25) is 6.04 Å². The van der Waals surface area contributed by atoms with Crippen molar-refractivity contribution in [2.24, 2.45) is 0 Å². The molecular formula is C17H25O4Si. The average Bonchev–Trinajstić information content (AvgIpc) is 3.35. The van der Waals surface area contributed by atoms with Gasteiger partial charge in [-0.2, -0.15) is 0 Å². The summed E-state index contributed by atoms with van der Waals surface area (Å²) in [5.74, 6) is 0.917. The first-order valence-corrected chi connectivity index (χ1v) is 9.31. The normalized spacial score (nSPS) is 16.7. The molecule has 4 nitrogen and oxygen atoms in total. The average molecular weight is 321 g/mol. The molecule has 1 atom stereocenters. The van der Waals surface area contributed by atoms with E-state index >= 15 is 0 Å². The van der Waals surface area contributed by atoms with Crippen molar-refractivity contribution in [2.75, 3.05) is 26.9 Å². The SMILES string of the molecule is C=CCc1ccccc1O[Si](CCCCOCC1CO1)OC. The number of epoxide rings is 1. The van der Waals surface area contributed by atoms with Gasteiger partial charge in [0, 0.05) is 19.8 Å². The van der Waals surface area contributed by atoms with Crippen molar-refractivity contribution in [3.63, 3.8) is 0 Å². The molecule has 1 aliphatic heterocycles. The van der Waals surface area contributed by atoms with Gasteiger partial charge in [0.1, 0.15) is 11.9 Å². The first-order chi connectivity index (χ1) is 10.8. The van der Waals surface area contributed by atoms with Crippen LogP contribution in [0.5, 0.6) is 5.75 Å². The van der Waals surface area contributed by atoms with Crippen LogP contribution in [0.1, 0.15) is 18.4 Å². The lowest BCUT2D eigenvalue weighted by atomic mass is 10.1. The Bertz CT molecular complexity index is 448. The van der Waals surface area contributed by atoms with Crippen molar-refractivity contribution < 1.29 is 18.3 Å². The van der Waals surface area contributed by atoms with E-state index in [0.717, 1.165) is 56.4 Å². The number of benzene rings is 1. The Balaban J connectivity index is 1.68. The minimum absolute atomic E-state index is 0.350. The van der Waals surface area contributed by atoms with Gasteiger partial charge in [0.05, 0.1) is 13.2 Å². The van der Waals surface area contributed by atoms with Crippen LogP contribution in [0, 0.1) is 0 Å². The molecule has 121 valence electrons. The molecule has 1 radical (unpaired) electrons. The second-order valence-electron chi connectivity index (χ2n) is 5.27. The second kappa shape index (κ2) is 9.79. The largest absolute Gasteiger partial charge is 0.519 e. The summed E-state index contributed by atoms with van der Waals surface area (Å²) < 4.78 is 22.2. The maximum atomic E-state index is 6.07. The molecule has 0 bridgehead atoms. The summed E-state index contributed by atoms with van der Waals surface area (Å²) in [5, 5.41) is 0. The summed E-state index contributed by atoms with van der Waals surface area (Å²) in [6, 6.07) is 9.03. The highest BCUT2D eigenvalue weighted by Crippen LogP contribution is 2.21. The van der Waals surface area contributed by atoms with Crippen molar-refractivity contribution in [2.45, 2.75) is 31.4 Å². The Hall–Kier alpha value is -1.14. The Morgan fingerprint density at radius 2 is 2.18 bits per heavy atom. The van der Waals surface area contributed by atoms with Gasteiger partial charge in [0.25, 0.3) is 0 Å². The van der Waals surface area contributed by atoms with Gasteiger partial charge in [-0.05, 0) is 30.9 Å². The van der Waals surface area contributed by atoms with Crippen LogP contribution in [0.15, 0.2) is 36.9 Å². The standard InChI is InChI=1S/C17H25O4Si/c1-3-8-15-9-4-5-10-17(15)21-22(18-2)12-7-6-11-19-13-16-14-20-16/h3-5,9-10,16H,1,6-8,11-14H2,2H3. The predicted octanol–water partition coefficient (Wildman–Crippen LogP) is 3.12. The summed E-state index contributed by atoms with van der Waals surface area (Å²) in [6.07, 6.45) is 5.14. The zero-order valence-corrected chi connectivity index (χ0v) is 14.3. The lowest BCUT2D eigenvalue weighted by Crippen LogP contribution is -2.25. The predicted molar refractivity (Wildman–Crippen MR) is 88.3 cm³/mol. The monoisotopic (exact) mass is 321 g/mol. The number of hydrogen-bond donors (Lipinski definition) is 0. The van der Waals surface area contributed by atoms with Crippen molar-refractivity contribution in [3.05, 3.63) is 42.5 Å². The van der Waals surface area contributed by atoms with Crippen molar-refractivity contribution in [1.29, 1.82) is 0 Å². The fourth-order valence-electron chi connectivity index (χ4n) is 2.10. The van der Waals surface area contributed by atoms with Gasteiger partial charge >= 0.3 is 9.28 Å². The highest BCUT2D eigenvalue weighted by Gasteiger charge is 2.22. The van der Waals surface area contributed by atoms with E-state index < -0.39 is 9.28 Å². The maximum Gasteiger partial charge on any atom is 0.457 e. The first kappa shape index (κ1) is 17.2. The molecule has 0 spiro atoms. The van der Waals surface area contributed by atoms with E-state index in [0.29, 0.717) is 6.10 Å². The minimum Gasteiger partial charge on any atom is -0.519 e. The molecule has 1 saturated heterocycles. The molecule has 0 aliphatic carbocycles. The molecule has 1 unspecified atom stereocenters. The first-order valence-electron chi connectivity index (χ1n) is 7.79. The zero-order chi connectivity index (χ0) is 15.6. The highest BCUT2D eigenvalue weighted by molar-refractivity contribution is 6.45. The Kier molecular flexibility index (Phi) is 7.66. The van der Waals surface area contributed by atoms with E-state index in [4.69, 9.17) is 18.3 Å². The van der Waals surface area contributed by atoms with Crippen molar-refractivity contribution >= 4 is 9.28 Å². The number of hydrogen-bond acceptors (Lipinski definition) is 4. The summed E-state index contributed by atoms with van der Waals surface area (Å²) >= 11 is 0. The Morgan fingerprint density at radius 3 is 2.91 bits per heavy atom. The molecule has 1 aliphatic rings. The summed E-state index contributed by atoms with van der Waals surface area (Å²) in [7, 11) is 0.446. The lowest BCUT2D eigenvalue weighted by molar-refractivity contribution is 0.114. The van der Waals surface area contributed by atoms with Crippen molar-refractivity contribution in [3.8, 4) is 5.75 Å². The molecule has 22 heavy (non-hydrogen) atoms. The molecule has 2 rings (SSSR count). The quantitative estimate of drug-likeness (QED) is 0.257. The third-order valence-electron chi connectivity index (χ3n) is 3.41. The molecule has 1 fully saturated rings. The summed E-state index contributed by atoms with van der Waals surface area (Å²) in [5.41, 5.74) is 1.16. The Morgan fingerprint density at radius 1 is 1.36 bits per heavy atom. The van der Waals surface area contributed by atoms with Crippen molar-refractivity contribution in [1.82, 2.24) is 0 Å². The van der Waals surface area contributed by atoms with Gasteiger partial charge in [0.15, 0.2) is 0 Å². The highest BCUT2D eigenvalue weighted by atomic mass is 28.3. The third kappa shape index (κ3) is 6.32. The number of rotatable bonds is 12. The van der Waals surface area contributed by atoms with E-state index in [1.54, 1.807) is 7.11 Å². The van der Waals surface area contributed by atoms with Crippen LogP contribution in [-0.2, 0) is 20.3 Å². The lowest BCUT2D eigenvalue weighted by Gasteiger charge is -2.16. The van der Waals surface area contributed by atoms with Crippen LogP contribution in [0.25, 0.3) is 0 Å². The number of ether oxygens (including phenoxy) is 2. The summed E-state index contributed by atoms with van der Waals surface area (Å²) in [6.45, 7) is 6.16. The third-order valence-corrected chi connectivity index (χ3v) is 5.08. The Labute approximate surface area is 134 Å². The van der Waals surface area contributed by atoms with Crippen LogP contribution in [0.3, 0.4) is 0 Å². The van der Waals surface area contributed by atoms with Gasteiger partial charge in [0.2, 0.25) is 0 Å². The number of allylic oxidation sites excluding steroid dienone is 1. The summed E-state index contributed by atoms with van der Waals surface area (Å²) in [4.78, 5) is 0. The van der Waals surface area contributed by atoms with E-state index in [-0.39, 0.29) is 0 Å². The minimum atomic E-state index is -1.28. The molecule has 0 saturated carbocycles. The molecule has 0 amide bonds. The topological polar surface area (TPSA) is 40.2 Å². The van der Waals surface area contributed by atoms with Gasteiger partial charge < -0.3 is 18.3 Å². The molecule has 1 aromatic carbocycles. The van der Waals surface area contributed by atoms with Crippen LogP contribution < -0.4 is 4.43 Å². The second-order valence-corrected chi connectivity index (χ2v) is 7.12. The molecule has 5 heteroatoms. The van der Waals surface area contributed by atoms with Crippen LogP contribution >= 0.6 is 0 Å². The van der Waals surface area contributed by atoms with E-state index in [1.165, 1.54) is 0 Å². The fraction of sp³-hybridized carbons (Fsp3) is 0.529. The number of para-hydroxylation sites is 1. The van der Waals surface area contributed by atoms with Crippen LogP contribution in [-0.4, -0.2) is 42.3 Å².